The van der Waals surface area contributed by atoms with Gasteiger partial charge >= 0.3 is 12.1 Å². The van der Waals surface area contributed by atoms with Gasteiger partial charge in [0, 0.05) is 12.1 Å². The van der Waals surface area contributed by atoms with Crippen molar-refractivity contribution < 1.29 is 23.1 Å². The van der Waals surface area contributed by atoms with Crippen LogP contribution in [0, 0.1) is 11.8 Å². The summed E-state index contributed by atoms with van der Waals surface area (Å²) in [6.45, 7) is 0. The molecule has 2 saturated carbocycles. The third-order valence-corrected chi connectivity index (χ3v) is 4.68. The predicted octanol–water partition coefficient (Wildman–Crippen LogP) is 3.34. The Morgan fingerprint density at radius 3 is 2.20 bits per heavy atom. The van der Waals surface area contributed by atoms with E-state index < -0.39 is 18.1 Å². The zero-order valence-corrected chi connectivity index (χ0v) is 11.5. The number of carboxylic acid groups (broad SMARTS) is 1. The van der Waals surface area contributed by atoms with Gasteiger partial charge in [-0.2, -0.15) is 13.2 Å². The maximum Gasteiger partial charge on any atom is 0.391 e. The molecule has 2 unspecified atom stereocenters. The van der Waals surface area contributed by atoms with Crippen LogP contribution in [0.5, 0.6) is 0 Å². The van der Waals surface area contributed by atoms with Gasteiger partial charge in [0.2, 0.25) is 0 Å². The zero-order valence-electron chi connectivity index (χ0n) is 11.5. The van der Waals surface area contributed by atoms with Crippen LogP contribution in [0.3, 0.4) is 0 Å². The molecule has 2 N–H and O–H groups in total. The molecule has 0 aromatic heterocycles. The van der Waals surface area contributed by atoms with Crippen molar-refractivity contribution in [2.75, 3.05) is 0 Å². The van der Waals surface area contributed by atoms with E-state index in [-0.39, 0.29) is 30.8 Å². The lowest BCUT2D eigenvalue weighted by molar-refractivity contribution is -0.183. The normalized spacial score (nSPS) is 35.8. The van der Waals surface area contributed by atoms with E-state index >= 15 is 0 Å². The van der Waals surface area contributed by atoms with Crippen LogP contribution < -0.4 is 5.32 Å². The Hall–Kier alpha value is -0.780. The first-order chi connectivity index (χ1) is 9.36. The van der Waals surface area contributed by atoms with E-state index in [1.165, 1.54) is 0 Å². The van der Waals surface area contributed by atoms with Crippen LogP contribution in [0.25, 0.3) is 0 Å². The van der Waals surface area contributed by atoms with E-state index in [4.69, 9.17) is 5.11 Å². The van der Waals surface area contributed by atoms with Crippen molar-refractivity contribution in [1.82, 2.24) is 5.32 Å². The number of halogens is 3. The molecule has 3 nitrogen and oxygen atoms in total. The zero-order chi connectivity index (χ0) is 14.8. The van der Waals surface area contributed by atoms with Gasteiger partial charge in [-0.25, -0.2) is 0 Å². The minimum atomic E-state index is -4.07. The summed E-state index contributed by atoms with van der Waals surface area (Å²) in [6.07, 6.45) is 0.534. The highest BCUT2D eigenvalue weighted by Gasteiger charge is 2.41. The molecule has 2 fully saturated rings. The van der Waals surface area contributed by atoms with Crippen LogP contribution >= 0.6 is 0 Å². The lowest BCUT2D eigenvalue weighted by Gasteiger charge is -2.35. The van der Waals surface area contributed by atoms with Crippen LogP contribution in [-0.2, 0) is 4.79 Å². The Bertz CT molecular complexity index is 338. The van der Waals surface area contributed by atoms with Crippen LogP contribution in [-0.4, -0.2) is 29.3 Å². The summed E-state index contributed by atoms with van der Waals surface area (Å²) in [5.74, 6) is -2.20. The smallest absolute Gasteiger partial charge is 0.391 e. The van der Waals surface area contributed by atoms with Crippen molar-refractivity contribution in [2.45, 2.75) is 69.6 Å². The monoisotopic (exact) mass is 293 g/mol. The minimum absolute atomic E-state index is 0.117. The fraction of sp³-hybridized carbons (Fsp3) is 0.929. The molecule has 0 amide bonds. The number of aliphatic carboxylic acids is 1. The van der Waals surface area contributed by atoms with Gasteiger partial charge in [-0.05, 0) is 44.9 Å². The third-order valence-electron chi connectivity index (χ3n) is 4.68. The molecule has 0 radical (unpaired) electrons. The molecule has 0 spiro atoms. The van der Waals surface area contributed by atoms with Gasteiger partial charge < -0.3 is 10.4 Å². The second kappa shape index (κ2) is 6.33. The molecule has 0 heterocycles. The lowest BCUT2D eigenvalue weighted by atomic mass is 9.82. The van der Waals surface area contributed by atoms with E-state index in [0.29, 0.717) is 25.7 Å². The van der Waals surface area contributed by atoms with Gasteiger partial charge in [0.1, 0.15) is 0 Å². The second-order valence-corrected chi connectivity index (χ2v) is 6.16. The topological polar surface area (TPSA) is 49.3 Å². The van der Waals surface area contributed by atoms with Crippen molar-refractivity contribution in [1.29, 1.82) is 0 Å². The van der Waals surface area contributed by atoms with Crippen molar-refractivity contribution in [2.24, 2.45) is 11.8 Å². The Morgan fingerprint density at radius 1 is 1.00 bits per heavy atom. The van der Waals surface area contributed by atoms with E-state index in [1.807, 2.05) is 0 Å². The number of carbonyl (C=O) groups is 1. The number of nitrogens with one attached hydrogen (secondary N) is 1. The summed E-state index contributed by atoms with van der Waals surface area (Å²) < 4.78 is 37.7. The Labute approximate surface area is 116 Å². The van der Waals surface area contributed by atoms with Gasteiger partial charge in [0.05, 0.1) is 11.8 Å². The highest BCUT2D eigenvalue weighted by atomic mass is 19.4. The maximum atomic E-state index is 12.6. The summed E-state index contributed by atoms with van der Waals surface area (Å²) in [5.41, 5.74) is 0. The molecular weight excluding hydrogens is 271 g/mol. The van der Waals surface area contributed by atoms with Crippen molar-refractivity contribution in [3.63, 3.8) is 0 Å². The van der Waals surface area contributed by atoms with Gasteiger partial charge in [-0.15, -0.1) is 0 Å². The fourth-order valence-corrected chi connectivity index (χ4v) is 3.49. The molecule has 0 aliphatic heterocycles. The van der Waals surface area contributed by atoms with Crippen LogP contribution in [0.15, 0.2) is 0 Å². The average Bonchev–Trinajstić information content (AvgIpc) is 2.38. The summed E-state index contributed by atoms with van der Waals surface area (Å²) in [5, 5.41) is 12.4. The van der Waals surface area contributed by atoms with Crippen LogP contribution in [0.2, 0.25) is 0 Å². The quantitative estimate of drug-likeness (QED) is 0.839. The highest BCUT2D eigenvalue weighted by molar-refractivity contribution is 5.70. The predicted molar refractivity (Wildman–Crippen MR) is 68.3 cm³/mol. The number of alkyl halides is 3. The van der Waals surface area contributed by atoms with Gasteiger partial charge in [-0.1, -0.05) is 6.42 Å². The first-order valence-corrected chi connectivity index (χ1v) is 7.42. The van der Waals surface area contributed by atoms with Crippen molar-refractivity contribution in [3.05, 3.63) is 0 Å². The number of hydrogen-bond acceptors (Lipinski definition) is 2. The molecule has 20 heavy (non-hydrogen) atoms. The molecular formula is C14H22F3NO2. The number of rotatable bonds is 3. The first-order valence-electron chi connectivity index (χ1n) is 7.42. The highest BCUT2D eigenvalue weighted by Crippen LogP contribution is 2.38. The number of hydrogen-bond donors (Lipinski definition) is 2. The summed E-state index contributed by atoms with van der Waals surface area (Å²) >= 11 is 0. The maximum absolute atomic E-state index is 12.6. The largest absolute Gasteiger partial charge is 0.481 e. The van der Waals surface area contributed by atoms with E-state index in [9.17, 15) is 18.0 Å². The molecule has 116 valence electrons. The van der Waals surface area contributed by atoms with Crippen LogP contribution in [0.4, 0.5) is 13.2 Å². The third kappa shape index (κ3) is 4.11. The van der Waals surface area contributed by atoms with Gasteiger partial charge in [0.25, 0.3) is 0 Å². The molecule has 6 heteroatoms. The van der Waals surface area contributed by atoms with E-state index in [2.05, 4.69) is 5.32 Å². The second-order valence-electron chi connectivity index (χ2n) is 6.16. The van der Waals surface area contributed by atoms with Gasteiger partial charge in [0.15, 0.2) is 0 Å². The lowest BCUT2D eigenvalue weighted by Crippen LogP contribution is -2.44. The Kier molecular flexibility index (Phi) is 4.94. The molecule has 2 rings (SSSR count). The van der Waals surface area contributed by atoms with Crippen molar-refractivity contribution >= 4 is 5.97 Å². The van der Waals surface area contributed by atoms with Gasteiger partial charge in [-0.3, -0.25) is 4.79 Å². The van der Waals surface area contributed by atoms with E-state index in [0.717, 1.165) is 12.8 Å². The Morgan fingerprint density at radius 2 is 1.65 bits per heavy atom. The molecule has 0 aromatic rings. The average molecular weight is 293 g/mol. The summed E-state index contributed by atoms with van der Waals surface area (Å²) in [6, 6.07) is 0.267. The van der Waals surface area contributed by atoms with E-state index in [1.54, 1.807) is 0 Å². The molecule has 0 bridgehead atoms. The molecule has 0 aromatic carbocycles. The first kappa shape index (κ1) is 15.6. The fourth-order valence-electron chi connectivity index (χ4n) is 3.49. The molecule has 0 saturated heterocycles. The summed E-state index contributed by atoms with van der Waals surface area (Å²) in [4.78, 5) is 11.0. The summed E-state index contributed by atoms with van der Waals surface area (Å²) in [7, 11) is 0. The minimum Gasteiger partial charge on any atom is -0.481 e. The van der Waals surface area contributed by atoms with Crippen LogP contribution in [0.1, 0.15) is 51.4 Å². The number of carboxylic acids is 1. The van der Waals surface area contributed by atoms with Crippen molar-refractivity contribution in [3.8, 4) is 0 Å². The standard InChI is InChI=1S/C14H22F3NO2/c15-14(16,17)10-4-6-11(7-5-10)18-12-3-1-2-9(8-12)13(19)20/h9-12,18H,1-8H2,(H,19,20). The molecule has 2 atom stereocenters. The molecule has 2 aliphatic rings. The molecule has 2 aliphatic carbocycles. The SMILES string of the molecule is O=C(O)C1CCCC(NC2CCC(C(F)(F)F)CC2)C1. The Balaban J connectivity index is 1.76.